The van der Waals surface area contributed by atoms with Crippen LogP contribution < -0.4 is 42.0 Å². The molecule has 4 aliphatic rings. The number of benzene rings is 2. The van der Waals surface area contributed by atoms with Crippen molar-refractivity contribution in [3.63, 3.8) is 0 Å². The Morgan fingerprint density at radius 3 is 1.51 bits per heavy atom. The molecule has 2 aliphatic carbocycles. The summed E-state index contributed by atoms with van der Waals surface area (Å²) in [6, 6.07) is 2.70. The number of nitrogens with zero attached hydrogens (tertiary/aromatic N) is 12. The highest BCUT2D eigenvalue weighted by Crippen LogP contribution is 2.51. The molecule has 450 valence electrons. The van der Waals surface area contributed by atoms with Crippen molar-refractivity contribution in [2.45, 2.75) is 98.5 Å². The zero-order valence-electron chi connectivity index (χ0n) is 47.9. The van der Waals surface area contributed by atoms with Gasteiger partial charge >= 0.3 is 10.1 Å². The number of ether oxygens (including phenoxy) is 1. The molecule has 0 saturated heterocycles. The first-order valence-corrected chi connectivity index (χ1v) is 31.8. The number of halogens is 2. The van der Waals surface area contributed by atoms with E-state index in [0.717, 1.165) is 104 Å². The van der Waals surface area contributed by atoms with Gasteiger partial charge in [-0.2, -0.15) is 46.7 Å². The summed E-state index contributed by atoms with van der Waals surface area (Å²) < 4.78 is 88.2. The van der Waals surface area contributed by atoms with Gasteiger partial charge in [0.1, 0.15) is 31.8 Å². The third-order valence-corrected chi connectivity index (χ3v) is 16.9. The van der Waals surface area contributed by atoms with Gasteiger partial charge in [-0.1, -0.05) is 84.7 Å². The molecule has 4 heterocycles. The van der Waals surface area contributed by atoms with E-state index in [1.54, 1.807) is 6.08 Å². The van der Waals surface area contributed by atoms with Gasteiger partial charge in [0.2, 0.25) is 29.7 Å². The average molecular weight is 1220 g/mol. The second kappa shape index (κ2) is 29.6. The monoisotopic (exact) mass is 1220 g/mol. The molecule has 0 saturated carbocycles. The Morgan fingerprint density at radius 1 is 0.622 bits per heavy atom. The van der Waals surface area contributed by atoms with Crippen LogP contribution in [-0.4, -0.2) is 191 Å². The van der Waals surface area contributed by atoms with Gasteiger partial charge in [-0.05, 0) is 116 Å². The standard InChI is InChI=1S/C52H78Cl2N18O8S2/c1-9-69(10-2)29-17-25-55-47-63-48(56-26-18-30-70(11-3)12-4)66-51(65-47)61-35-23-21-33-41(45(35)81(73,74)75)79-43-37(53)40-44(38(54)39(43)59-33)80-42-34(60-40)22-24-36(46(42)82(76,77)78)62-52-67-49(57-27-19-31-71(13-5)14-6)64-50(68-52)58-28-20-32-72(15-7)16-8/h21-23,42,60H,9-20,24-32H2,1-8H3,(H,73,74,75)(H,76,77,78)(H2,55,56,63,65,66)(H3,57,58,62,64,67,68). The minimum Gasteiger partial charge on any atom is -0.475 e. The number of allylic oxidation sites excluding steroid dienone is 1. The third kappa shape index (κ3) is 16.3. The first-order valence-electron chi connectivity index (χ1n) is 28.1. The average Bonchev–Trinajstić information content (AvgIpc) is 3.54. The molecule has 0 bridgehead atoms. The van der Waals surface area contributed by atoms with Crippen LogP contribution in [0.15, 0.2) is 48.8 Å². The van der Waals surface area contributed by atoms with Crippen molar-refractivity contribution in [3.05, 3.63) is 49.9 Å². The van der Waals surface area contributed by atoms with E-state index in [4.69, 9.17) is 32.4 Å². The maximum Gasteiger partial charge on any atom is 0.300 e. The van der Waals surface area contributed by atoms with E-state index in [2.05, 4.69) is 147 Å². The van der Waals surface area contributed by atoms with Crippen LogP contribution >= 0.6 is 23.2 Å². The smallest absolute Gasteiger partial charge is 0.300 e. The number of aromatic nitrogens is 7. The molecule has 0 radical (unpaired) electrons. The van der Waals surface area contributed by atoms with E-state index in [-0.39, 0.29) is 97.1 Å². The minimum atomic E-state index is -5.14. The molecule has 0 amide bonds. The van der Waals surface area contributed by atoms with E-state index in [9.17, 15) is 25.9 Å². The lowest BCUT2D eigenvalue weighted by atomic mass is 10.0. The van der Waals surface area contributed by atoms with Gasteiger partial charge in [-0.3, -0.25) is 9.11 Å². The van der Waals surface area contributed by atoms with Gasteiger partial charge in [-0.15, -0.1) is 0 Å². The molecule has 82 heavy (non-hydrogen) atoms. The fraction of sp³-hybridized carbons (Fsp3) is 0.577. The first-order chi connectivity index (χ1) is 39.4. The van der Waals surface area contributed by atoms with Crippen LogP contribution in [0.3, 0.4) is 0 Å². The lowest BCUT2D eigenvalue weighted by molar-refractivity contribution is 0.267. The SMILES string of the molecule is CCN(CC)CCCNc1nc(N=c2ccc3nc4c(Cl)c5c(c(Cl)c4oc-3c2S(=O)(=O)O)NC2=CCC(Nc3nc(NCCCN(CC)CC)nc(NCCCN(CC)CC)n3)=C(S(=O)(=O)O)C2O5)nc(NCCCN(CC)CC)n1. The van der Waals surface area contributed by atoms with Crippen LogP contribution in [-0.2, 0) is 20.2 Å². The molecule has 2 aliphatic heterocycles. The van der Waals surface area contributed by atoms with Crippen molar-refractivity contribution >= 4 is 95.9 Å². The van der Waals surface area contributed by atoms with Gasteiger partial charge < -0.3 is 60.7 Å². The first kappa shape index (κ1) is 63.8. The molecule has 3 aromatic rings. The lowest BCUT2D eigenvalue weighted by Gasteiger charge is -2.35. The molecular formula is C52H78Cl2N18O8S2. The van der Waals surface area contributed by atoms with Crippen LogP contribution in [0.25, 0.3) is 22.6 Å². The molecule has 26 nitrogen and oxygen atoms in total. The Bertz CT molecular complexity index is 3240. The summed E-state index contributed by atoms with van der Waals surface area (Å²) in [6.07, 6.45) is 3.23. The normalized spacial score (nSPS) is 14.9. The van der Waals surface area contributed by atoms with E-state index in [1.807, 2.05) is 0 Å². The fourth-order valence-corrected chi connectivity index (χ4v) is 11.7. The van der Waals surface area contributed by atoms with Gasteiger partial charge in [0, 0.05) is 38.3 Å². The molecule has 2 aromatic heterocycles. The summed E-state index contributed by atoms with van der Waals surface area (Å²) in [4.78, 5) is 44.3. The largest absolute Gasteiger partial charge is 0.475 e. The highest BCUT2D eigenvalue weighted by molar-refractivity contribution is 7.90. The summed E-state index contributed by atoms with van der Waals surface area (Å²) in [7, 11) is -10.2. The molecule has 1 unspecified atom stereocenters. The predicted molar refractivity (Wildman–Crippen MR) is 322 cm³/mol. The van der Waals surface area contributed by atoms with Crippen LogP contribution in [0.1, 0.15) is 87.5 Å². The molecule has 1 atom stereocenters. The Morgan fingerprint density at radius 2 is 1.07 bits per heavy atom. The molecule has 0 spiro atoms. The van der Waals surface area contributed by atoms with Gasteiger partial charge in [-0.25, -0.2) is 9.98 Å². The zero-order chi connectivity index (χ0) is 59.1. The number of rotatable bonds is 33. The highest BCUT2D eigenvalue weighted by atomic mass is 35.5. The topological polar surface area (TPSA) is 319 Å². The van der Waals surface area contributed by atoms with Gasteiger partial charge in [0.15, 0.2) is 28.1 Å². The van der Waals surface area contributed by atoms with Crippen molar-refractivity contribution < 1.29 is 35.1 Å². The number of nitrogens with one attached hydrogen (secondary N) is 6. The molecule has 1 aromatic carbocycles. The zero-order valence-corrected chi connectivity index (χ0v) is 51.1. The minimum absolute atomic E-state index is 0.000203. The van der Waals surface area contributed by atoms with Crippen molar-refractivity contribution in [2.24, 2.45) is 4.99 Å². The second-order valence-corrected chi connectivity index (χ2v) is 22.8. The number of anilines is 6. The van der Waals surface area contributed by atoms with E-state index in [1.165, 1.54) is 12.1 Å². The summed E-state index contributed by atoms with van der Waals surface area (Å²) >= 11 is 14.1. The summed E-state index contributed by atoms with van der Waals surface area (Å²) in [5, 5.41) is 18.4. The Hall–Kier alpha value is -5.82. The van der Waals surface area contributed by atoms with E-state index < -0.39 is 41.9 Å². The number of fused-ring (bicyclic) bond motifs is 4. The number of hydrogen-bond donors (Lipinski definition) is 8. The Labute approximate surface area is 490 Å². The van der Waals surface area contributed by atoms with Gasteiger partial charge in [0.05, 0.1) is 11.1 Å². The van der Waals surface area contributed by atoms with Crippen molar-refractivity contribution in [1.82, 2.24) is 54.5 Å². The van der Waals surface area contributed by atoms with Crippen molar-refractivity contribution in [3.8, 4) is 17.2 Å². The molecule has 0 fully saturated rings. The Balaban J connectivity index is 1.23. The van der Waals surface area contributed by atoms with Crippen LogP contribution in [0.4, 0.5) is 41.4 Å². The Kier molecular flexibility index (Phi) is 23.0. The summed E-state index contributed by atoms with van der Waals surface area (Å²) in [5.74, 6) is 0.152. The highest BCUT2D eigenvalue weighted by Gasteiger charge is 2.42. The van der Waals surface area contributed by atoms with E-state index >= 15 is 0 Å². The molecular weight excluding hydrogens is 1140 g/mol. The van der Waals surface area contributed by atoms with Crippen molar-refractivity contribution in [2.75, 3.05) is 137 Å². The van der Waals surface area contributed by atoms with Crippen molar-refractivity contribution in [1.29, 1.82) is 0 Å². The predicted octanol–water partition coefficient (Wildman–Crippen LogP) is 7.34. The maximum atomic E-state index is 13.5. The van der Waals surface area contributed by atoms with Crippen LogP contribution in [0.5, 0.6) is 5.75 Å². The third-order valence-electron chi connectivity index (χ3n) is 14.2. The maximum absolute atomic E-state index is 13.5. The second-order valence-electron chi connectivity index (χ2n) is 19.3. The fourth-order valence-electron chi connectivity index (χ4n) is 9.53. The molecule has 8 N–H and O–H groups in total. The summed E-state index contributed by atoms with van der Waals surface area (Å²) in [5.41, 5.74) is -0.268. The molecule has 7 rings (SSSR count). The summed E-state index contributed by atoms with van der Waals surface area (Å²) in [6.45, 7) is 29.8. The van der Waals surface area contributed by atoms with E-state index in [0.29, 0.717) is 26.2 Å². The number of hydrogen-bond acceptors (Lipinski definition) is 24. The van der Waals surface area contributed by atoms with Crippen LogP contribution in [0, 0.1) is 0 Å². The lowest BCUT2D eigenvalue weighted by Crippen LogP contribution is -2.37. The van der Waals surface area contributed by atoms with Gasteiger partial charge in [0.25, 0.3) is 16.1 Å². The molecule has 30 heteroatoms. The quantitative estimate of drug-likeness (QED) is 0.0116. The van der Waals surface area contributed by atoms with Crippen LogP contribution in [0.2, 0.25) is 10.0 Å².